The highest BCUT2D eigenvalue weighted by Gasteiger charge is 2.15. The Bertz CT molecular complexity index is 1230. The Labute approximate surface area is 188 Å². The molecule has 0 fully saturated rings. The minimum atomic E-state index is -1.08. The van der Waals surface area contributed by atoms with E-state index in [-0.39, 0.29) is 35.3 Å². The summed E-state index contributed by atoms with van der Waals surface area (Å²) in [6.45, 7) is 1.09. The van der Waals surface area contributed by atoms with Gasteiger partial charge in [0.15, 0.2) is 0 Å². The first-order valence-electron chi connectivity index (χ1n) is 9.56. The summed E-state index contributed by atoms with van der Waals surface area (Å²) in [6.07, 6.45) is 1.49. The van der Waals surface area contributed by atoms with Gasteiger partial charge in [0.25, 0.3) is 5.91 Å². The van der Waals surface area contributed by atoms with E-state index in [0.717, 1.165) is 21.9 Å². The van der Waals surface area contributed by atoms with Gasteiger partial charge in [0, 0.05) is 24.6 Å². The molecule has 32 heavy (non-hydrogen) atoms. The number of nitrogens with one attached hydrogen (secondary N) is 1. The van der Waals surface area contributed by atoms with Crippen molar-refractivity contribution >= 4 is 46.4 Å². The van der Waals surface area contributed by atoms with Gasteiger partial charge in [-0.1, -0.05) is 48.0 Å². The van der Waals surface area contributed by atoms with Crippen LogP contribution in [0.2, 0.25) is 5.02 Å². The Kier molecular flexibility index (Phi) is 7.07. The molecule has 0 atom stereocenters. The van der Waals surface area contributed by atoms with Gasteiger partial charge in [0.2, 0.25) is 5.91 Å². The number of aromatic hydroxyl groups is 1. The lowest BCUT2D eigenvalue weighted by atomic mass is 9.99. The number of halogens is 1. The number of amides is 2. The van der Waals surface area contributed by atoms with E-state index in [2.05, 4.69) is 10.5 Å². The minimum Gasteiger partial charge on any atom is -0.506 e. The number of hydrazone groups is 1. The number of phenols is 1. The first kappa shape index (κ1) is 22.8. The monoisotopic (exact) mass is 453 g/mol. The average Bonchev–Trinajstić information content (AvgIpc) is 2.76. The molecule has 0 radical (unpaired) electrons. The molecule has 3 rings (SSSR count). The largest absolute Gasteiger partial charge is 0.506 e. The van der Waals surface area contributed by atoms with E-state index in [1.165, 1.54) is 36.2 Å². The molecule has 164 valence electrons. The normalized spacial score (nSPS) is 10.9. The summed E-state index contributed by atoms with van der Waals surface area (Å²) in [7, 11) is 0. The number of phenolic OH excluding ortho intramolecular Hbond substituents is 1. The second-order valence-corrected chi connectivity index (χ2v) is 7.40. The van der Waals surface area contributed by atoms with Gasteiger partial charge in [-0.2, -0.15) is 5.10 Å². The Morgan fingerprint density at radius 2 is 1.81 bits per heavy atom. The molecule has 0 bridgehead atoms. The third kappa shape index (κ3) is 5.41. The number of carboxylic acids is 1. The van der Waals surface area contributed by atoms with Gasteiger partial charge in [-0.15, -0.1) is 0 Å². The molecule has 0 unspecified atom stereocenters. The van der Waals surface area contributed by atoms with Crippen molar-refractivity contribution in [2.75, 3.05) is 6.54 Å². The highest BCUT2D eigenvalue weighted by molar-refractivity contribution is 6.32. The number of rotatable bonds is 7. The maximum atomic E-state index is 12.2. The van der Waals surface area contributed by atoms with Crippen molar-refractivity contribution in [2.24, 2.45) is 5.10 Å². The van der Waals surface area contributed by atoms with Crippen LogP contribution < -0.4 is 5.43 Å². The highest BCUT2D eigenvalue weighted by Crippen LogP contribution is 2.24. The third-order valence-corrected chi connectivity index (χ3v) is 5.06. The molecule has 0 aliphatic carbocycles. The molecule has 0 aromatic heterocycles. The fourth-order valence-corrected chi connectivity index (χ4v) is 3.34. The summed E-state index contributed by atoms with van der Waals surface area (Å²) < 4.78 is 0. The zero-order valence-corrected chi connectivity index (χ0v) is 17.8. The van der Waals surface area contributed by atoms with E-state index in [1.54, 1.807) is 12.1 Å². The number of carboxylic acid groups (broad SMARTS) is 1. The molecule has 8 nitrogen and oxygen atoms in total. The second-order valence-electron chi connectivity index (χ2n) is 6.99. The van der Waals surface area contributed by atoms with E-state index >= 15 is 0 Å². The number of fused-ring (bicyclic) bond motifs is 1. The smallest absolute Gasteiger partial charge is 0.323 e. The molecule has 0 aliphatic rings. The van der Waals surface area contributed by atoms with Crippen LogP contribution >= 0.6 is 11.6 Å². The quantitative estimate of drug-likeness (QED) is 0.374. The Morgan fingerprint density at radius 3 is 2.47 bits per heavy atom. The Balaban J connectivity index is 1.83. The van der Waals surface area contributed by atoms with Crippen LogP contribution in [0.15, 0.2) is 59.7 Å². The van der Waals surface area contributed by atoms with Gasteiger partial charge in [-0.05, 0) is 34.5 Å². The standard InChI is InChI=1S/C23H20ClN3O5/c1-14(28)27(13-22(30)31)12-17-7-6-16(18-4-2-3-5-19(17)18)11-25-26-23(32)15-8-9-21(29)20(24)10-15/h2-11,29H,12-13H2,1H3,(H,26,32)(H,30,31)/b25-11+. The van der Waals surface area contributed by atoms with Gasteiger partial charge < -0.3 is 15.1 Å². The lowest BCUT2D eigenvalue weighted by Crippen LogP contribution is -2.33. The van der Waals surface area contributed by atoms with E-state index in [1.807, 2.05) is 24.3 Å². The van der Waals surface area contributed by atoms with Crippen LogP contribution in [0.25, 0.3) is 10.8 Å². The zero-order valence-electron chi connectivity index (χ0n) is 17.1. The van der Waals surface area contributed by atoms with Crippen LogP contribution in [0.5, 0.6) is 5.75 Å². The molecule has 0 saturated carbocycles. The van der Waals surface area contributed by atoms with Gasteiger partial charge in [0.1, 0.15) is 12.3 Å². The van der Waals surface area contributed by atoms with Crippen molar-refractivity contribution in [3.8, 4) is 5.75 Å². The van der Waals surface area contributed by atoms with Crippen molar-refractivity contribution in [3.05, 3.63) is 76.3 Å². The maximum absolute atomic E-state index is 12.2. The maximum Gasteiger partial charge on any atom is 0.323 e. The number of carbonyl (C=O) groups is 3. The summed E-state index contributed by atoms with van der Waals surface area (Å²) in [5.74, 6) is -2.03. The molecule has 0 heterocycles. The van der Waals surface area contributed by atoms with Crippen LogP contribution in [-0.2, 0) is 16.1 Å². The van der Waals surface area contributed by atoms with E-state index in [0.29, 0.717) is 0 Å². The molecule has 3 aromatic rings. The van der Waals surface area contributed by atoms with E-state index in [9.17, 15) is 19.5 Å². The fourth-order valence-electron chi connectivity index (χ4n) is 3.16. The van der Waals surface area contributed by atoms with Crippen molar-refractivity contribution in [3.63, 3.8) is 0 Å². The summed E-state index contributed by atoms with van der Waals surface area (Å²) in [5.41, 5.74) is 4.17. The SMILES string of the molecule is CC(=O)N(CC(=O)O)Cc1ccc(/C=N/NC(=O)c2ccc(O)c(Cl)c2)c2ccccc12. The summed E-state index contributed by atoms with van der Waals surface area (Å²) in [5, 5.41) is 24.2. The highest BCUT2D eigenvalue weighted by atomic mass is 35.5. The predicted octanol–water partition coefficient (Wildman–Crippen LogP) is 3.40. The summed E-state index contributed by atoms with van der Waals surface area (Å²) >= 11 is 5.83. The van der Waals surface area contributed by atoms with Crippen molar-refractivity contribution in [1.82, 2.24) is 10.3 Å². The Hall–Kier alpha value is -3.91. The number of carbonyl (C=O) groups excluding carboxylic acids is 2. The minimum absolute atomic E-state index is 0.0608. The predicted molar refractivity (Wildman–Crippen MR) is 121 cm³/mol. The molecular formula is C23H20ClN3O5. The summed E-state index contributed by atoms with van der Waals surface area (Å²) in [6, 6.07) is 15.1. The number of nitrogens with zero attached hydrogens (tertiary/aromatic N) is 2. The van der Waals surface area contributed by atoms with Gasteiger partial charge >= 0.3 is 5.97 Å². The lowest BCUT2D eigenvalue weighted by Gasteiger charge is -2.20. The van der Waals surface area contributed by atoms with Crippen LogP contribution in [0.4, 0.5) is 0 Å². The average molecular weight is 454 g/mol. The van der Waals surface area contributed by atoms with Crippen LogP contribution in [0.3, 0.4) is 0 Å². The molecule has 2 amide bonds. The number of hydrogen-bond acceptors (Lipinski definition) is 5. The van der Waals surface area contributed by atoms with Crippen molar-refractivity contribution in [1.29, 1.82) is 0 Å². The fraction of sp³-hybridized carbons (Fsp3) is 0.130. The van der Waals surface area contributed by atoms with Gasteiger partial charge in [-0.3, -0.25) is 14.4 Å². The van der Waals surface area contributed by atoms with E-state index in [4.69, 9.17) is 16.7 Å². The molecule has 0 aliphatic heterocycles. The number of aliphatic carboxylic acids is 1. The molecular weight excluding hydrogens is 434 g/mol. The zero-order chi connectivity index (χ0) is 23.3. The summed E-state index contributed by atoms with van der Waals surface area (Å²) in [4.78, 5) is 36.4. The van der Waals surface area contributed by atoms with Crippen LogP contribution in [-0.4, -0.2) is 45.7 Å². The molecule has 9 heteroatoms. The van der Waals surface area contributed by atoms with Gasteiger partial charge in [-0.25, -0.2) is 5.43 Å². The molecule has 3 N–H and O–H groups in total. The topological polar surface area (TPSA) is 119 Å². The van der Waals surface area contributed by atoms with Crippen LogP contribution in [0.1, 0.15) is 28.4 Å². The number of benzene rings is 3. The van der Waals surface area contributed by atoms with Gasteiger partial charge in [0.05, 0.1) is 11.2 Å². The third-order valence-electron chi connectivity index (χ3n) is 4.76. The molecule has 3 aromatic carbocycles. The first-order valence-corrected chi connectivity index (χ1v) is 9.94. The van der Waals surface area contributed by atoms with Crippen LogP contribution in [0, 0.1) is 0 Å². The Morgan fingerprint density at radius 1 is 1.09 bits per heavy atom. The van der Waals surface area contributed by atoms with Crippen molar-refractivity contribution < 1.29 is 24.6 Å². The molecule has 0 spiro atoms. The van der Waals surface area contributed by atoms with Crippen molar-refractivity contribution in [2.45, 2.75) is 13.5 Å². The van der Waals surface area contributed by atoms with E-state index < -0.39 is 11.9 Å². The first-order chi connectivity index (χ1) is 15.3. The number of hydrogen-bond donors (Lipinski definition) is 3. The second kappa shape index (κ2) is 9.93. The molecule has 0 saturated heterocycles. The lowest BCUT2D eigenvalue weighted by molar-refractivity contribution is -0.144.